The average Bonchev–Trinajstić information content (AvgIpc) is 3.03. The molecule has 0 spiro atoms. The molecule has 4 unspecified atom stereocenters. The highest BCUT2D eigenvalue weighted by atomic mass is 16.5. The van der Waals surface area contributed by atoms with E-state index in [2.05, 4.69) is 36.4 Å². The molecule has 2 fully saturated rings. The Morgan fingerprint density at radius 3 is 2.83 bits per heavy atom. The van der Waals surface area contributed by atoms with E-state index < -0.39 is 0 Å². The lowest BCUT2D eigenvalue weighted by atomic mass is 9.57. The summed E-state index contributed by atoms with van der Waals surface area (Å²) < 4.78 is 11.8. The van der Waals surface area contributed by atoms with Crippen molar-refractivity contribution in [1.82, 2.24) is 10.6 Å². The third-order valence-corrected chi connectivity index (χ3v) is 5.25. The summed E-state index contributed by atoms with van der Waals surface area (Å²) in [6, 6.07) is 10.3. The van der Waals surface area contributed by atoms with Gasteiger partial charge in [0.15, 0.2) is 5.96 Å². The van der Waals surface area contributed by atoms with Crippen molar-refractivity contribution >= 4 is 5.96 Å². The first-order chi connectivity index (χ1) is 11.5. The second kappa shape index (κ2) is 7.01. The minimum absolute atomic E-state index is 0.0583. The molecule has 5 nitrogen and oxygen atoms in total. The third-order valence-electron chi connectivity index (χ3n) is 5.25. The standard InChI is InChI=1S/C19H29N3O2/c1-13(24-14-8-6-5-7-9-14)12-21-18(20-4)22-16-15-10-11-23-17(15)19(16,2)3/h5-9,13,15-17H,10-12H2,1-4H3,(H2,20,21,22). The lowest BCUT2D eigenvalue weighted by Crippen LogP contribution is -2.68. The Kier molecular flexibility index (Phi) is 4.99. The van der Waals surface area contributed by atoms with E-state index in [9.17, 15) is 0 Å². The minimum Gasteiger partial charge on any atom is -0.489 e. The number of nitrogens with one attached hydrogen (secondary N) is 2. The molecule has 1 aromatic carbocycles. The molecule has 4 atom stereocenters. The molecule has 2 aliphatic rings. The SMILES string of the molecule is CN=C(NCC(C)Oc1ccccc1)NC1C2CCOC2C1(C)C. The van der Waals surface area contributed by atoms with Crippen LogP contribution in [0.1, 0.15) is 27.2 Å². The van der Waals surface area contributed by atoms with Gasteiger partial charge in [-0.3, -0.25) is 4.99 Å². The predicted molar refractivity (Wildman–Crippen MR) is 96.4 cm³/mol. The first-order valence-corrected chi connectivity index (χ1v) is 8.83. The fourth-order valence-corrected chi connectivity index (χ4v) is 3.97. The highest BCUT2D eigenvalue weighted by Gasteiger charge is 2.59. The van der Waals surface area contributed by atoms with Crippen molar-refractivity contribution in [2.45, 2.75) is 45.4 Å². The van der Waals surface area contributed by atoms with Gasteiger partial charge in [0, 0.05) is 31.0 Å². The molecule has 1 aliphatic carbocycles. The lowest BCUT2D eigenvalue weighted by Gasteiger charge is -2.54. The van der Waals surface area contributed by atoms with Gasteiger partial charge in [-0.25, -0.2) is 0 Å². The average molecular weight is 331 g/mol. The van der Waals surface area contributed by atoms with Crippen LogP contribution in [0.2, 0.25) is 0 Å². The Hall–Kier alpha value is -1.75. The van der Waals surface area contributed by atoms with Crippen molar-refractivity contribution in [2.75, 3.05) is 20.2 Å². The smallest absolute Gasteiger partial charge is 0.191 e. The maximum atomic E-state index is 5.90. The van der Waals surface area contributed by atoms with Crippen molar-refractivity contribution in [3.05, 3.63) is 30.3 Å². The quantitative estimate of drug-likeness (QED) is 0.643. The van der Waals surface area contributed by atoms with E-state index in [0.717, 1.165) is 24.7 Å². The van der Waals surface area contributed by atoms with Crippen LogP contribution >= 0.6 is 0 Å². The number of para-hydroxylation sites is 1. The molecule has 24 heavy (non-hydrogen) atoms. The summed E-state index contributed by atoms with van der Waals surface area (Å²) >= 11 is 0. The van der Waals surface area contributed by atoms with Crippen molar-refractivity contribution in [2.24, 2.45) is 16.3 Å². The van der Waals surface area contributed by atoms with E-state index in [-0.39, 0.29) is 11.5 Å². The van der Waals surface area contributed by atoms with Crippen LogP contribution in [0.3, 0.4) is 0 Å². The van der Waals surface area contributed by atoms with Crippen LogP contribution in [-0.2, 0) is 4.74 Å². The molecular formula is C19H29N3O2. The number of rotatable bonds is 5. The van der Waals surface area contributed by atoms with Gasteiger partial charge in [-0.2, -0.15) is 0 Å². The Morgan fingerprint density at radius 2 is 2.12 bits per heavy atom. The Labute approximate surface area is 144 Å². The fourth-order valence-electron chi connectivity index (χ4n) is 3.97. The van der Waals surface area contributed by atoms with E-state index in [1.807, 2.05) is 37.4 Å². The molecule has 1 aliphatic heterocycles. The van der Waals surface area contributed by atoms with Crippen LogP contribution in [-0.4, -0.2) is 44.4 Å². The highest BCUT2D eigenvalue weighted by Crippen LogP contribution is 2.52. The summed E-state index contributed by atoms with van der Waals surface area (Å²) in [4.78, 5) is 4.37. The number of hydrogen-bond donors (Lipinski definition) is 2. The van der Waals surface area contributed by atoms with Crippen LogP contribution in [0.25, 0.3) is 0 Å². The van der Waals surface area contributed by atoms with Gasteiger partial charge in [0.25, 0.3) is 0 Å². The molecule has 0 aromatic heterocycles. The second-order valence-electron chi connectivity index (χ2n) is 7.38. The van der Waals surface area contributed by atoms with Crippen molar-refractivity contribution in [1.29, 1.82) is 0 Å². The molecule has 0 radical (unpaired) electrons. The topological polar surface area (TPSA) is 54.9 Å². The Morgan fingerprint density at radius 1 is 1.38 bits per heavy atom. The Bertz CT molecular complexity index is 573. The number of aliphatic imine (C=N–C) groups is 1. The number of fused-ring (bicyclic) bond motifs is 1. The molecule has 3 rings (SSSR count). The van der Waals surface area contributed by atoms with E-state index in [1.165, 1.54) is 0 Å². The molecule has 1 saturated carbocycles. The van der Waals surface area contributed by atoms with Gasteiger partial charge in [0.2, 0.25) is 0 Å². The van der Waals surface area contributed by atoms with Crippen molar-refractivity contribution in [3.63, 3.8) is 0 Å². The number of benzene rings is 1. The van der Waals surface area contributed by atoms with E-state index in [4.69, 9.17) is 9.47 Å². The largest absolute Gasteiger partial charge is 0.489 e. The number of hydrogen-bond acceptors (Lipinski definition) is 3. The second-order valence-corrected chi connectivity index (χ2v) is 7.38. The minimum atomic E-state index is 0.0583. The first kappa shape index (κ1) is 17.1. The van der Waals surface area contributed by atoms with Gasteiger partial charge in [0.1, 0.15) is 11.9 Å². The van der Waals surface area contributed by atoms with Crippen LogP contribution in [0, 0.1) is 11.3 Å². The summed E-state index contributed by atoms with van der Waals surface area (Å²) in [5.41, 5.74) is 0.144. The van der Waals surface area contributed by atoms with Crippen molar-refractivity contribution in [3.8, 4) is 5.75 Å². The van der Waals surface area contributed by atoms with Crippen LogP contribution < -0.4 is 15.4 Å². The molecule has 1 aromatic rings. The van der Waals surface area contributed by atoms with Gasteiger partial charge in [0.05, 0.1) is 12.6 Å². The molecule has 2 N–H and O–H groups in total. The van der Waals surface area contributed by atoms with Gasteiger partial charge >= 0.3 is 0 Å². The summed E-state index contributed by atoms with van der Waals surface area (Å²) in [5.74, 6) is 2.32. The predicted octanol–water partition coefficient (Wildman–Crippen LogP) is 2.43. The summed E-state index contributed by atoms with van der Waals surface area (Å²) in [6.45, 7) is 8.18. The maximum Gasteiger partial charge on any atom is 0.191 e. The van der Waals surface area contributed by atoms with Gasteiger partial charge < -0.3 is 20.1 Å². The molecular weight excluding hydrogens is 302 g/mol. The zero-order chi connectivity index (χ0) is 17.2. The van der Waals surface area contributed by atoms with Crippen LogP contribution in [0.15, 0.2) is 35.3 Å². The van der Waals surface area contributed by atoms with Gasteiger partial charge in [-0.05, 0) is 25.5 Å². The normalized spacial score (nSPS) is 29.3. The van der Waals surface area contributed by atoms with Gasteiger partial charge in [-0.1, -0.05) is 32.0 Å². The third kappa shape index (κ3) is 3.36. The number of guanidine groups is 1. The molecule has 0 bridgehead atoms. The zero-order valence-corrected chi connectivity index (χ0v) is 15.1. The molecule has 1 saturated heterocycles. The lowest BCUT2D eigenvalue weighted by molar-refractivity contribution is -0.106. The zero-order valence-electron chi connectivity index (χ0n) is 15.1. The Balaban J connectivity index is 1.49. The fraction of sp³-hybridized carbons (Fsp3) is 0.632. The summed E-state index contributed by atoms with van der Waals surface area (Å²) in [6.07, 6.45) is 1.58. The monoisotopic (exact) mass is 331 g/mol. The van der Waals surface area contributed by atoms with E-state index in [1.54, 1.807) is 0 Å². The van der Waals surface area contributed by atoms with E-state index >= 15 is 0 Å². The number of nitrogens with zero attached hydrogens (tertiary/aromatic N) is 1. The molecule has 5 heteroatoms. The van der Waals surface area contributed by atoms with Crippen LogP contribution in [0.4, 0.5) is 0 Å². The molecule has 1 heterocycles. The first-order valence-electron chi connectivity index (χ1n) is 8.83. The molecule has 132 valence electrons. The van der Waals surface area contributed by atoms with Crippen LogP contribution in [0.5, 0.6) is 5.75 Å². The summed E-state index contributed by atoms with van der Waals surface area (Å²) in [7, 11) is 1.81. The molecule has 0 amide bonds. The van der Waals surface area contributed by atoms with Crippen molar-refractivity contribution < 1.29 is 9.47 Å². The summed E-state index contributed by atoms with van der Waals surface area (Å²) in [5, 5.41) is 6.97. The van der Waals surface area contributed by atoms with E-state index in [0.29, 0.717) is 24.6 Å². The van der Waals surface area contributed by atoms with Gasteiger partial charge in [-0.15, -0.1) is 0 Å². The maximum absolute atomic E-state index is 5.90. The highest BCUT2D eigenvalue weighted by molar-refractivity contribution is 5.80. The number of ether oxygens (including phenoxy) is 2.